The summed E-state index contributed by atoms with van der Waals surface area (Å²) >= 11 is 6.01. The van der Waals surface area contributed by atoms with E-state index < -0.39 is 0 Å². The van der Waals surface area contributed by atoms with Crippen LogP contribution in [-0.4, -0.2) is 47.3 Å². The zero-order valence-corrected chi connectivity index (χ0v) is 19.0. The molecule has 2 aromatic heterocycles. The number of morpholine rings is 1. The minimum Gasteiger partial charge on any atom is -0.378 e. The summed E-state index contributed by atoms with van der Waals surface area (Å²) in [4.78, 5) is 24.3. The van der Waals surface area contributed by atoms with Crippen molar-refractivity contribution in [2.24, 2.45) is 0 Å². The van der Waals surface area contributed by atoms with Crippen LogP contribution in [0.25, 0.3) is 0 Å². The average molecular weight is 469 g/mol. The van der Waals surface area contributed by atoms with E-state index >= 15 is 0 Å². The fraction of sp³-hybridized carbons (Fsp3) is 0.391. The van der Waals surface area contributed by atoms with Crippen LogP contribution in [0, 0.1) is 0 Å². The van der Waals surface area contributed by atoms with Gasteiger partial charge < -0.3 is 24.8 Å². The van der Waals surface area contributed by atoms with E-state index in [1.54, 1.807) is 6.07 Å². The average Bonchev–Trinajstić information content (AvgIpc) is 3.57. The van der Waals surface area contributed by atoms with E-state index in [1.807, 2.05) is 37.3 Å². The van der Waals surface area contributed by atoms with Gasteiger partial charge in [-0.1, -0.05) is 16.8 Å². The van der Waals surface area contributed by atoms with Gasteiger partial charge >= 0.3 is 0 Å². The molecule has 0 bridgehead atoms. The van der Waals surface area contributed by atoms with Gasteiger partial charge in [-0.3, -0.25) is 4.79 Å². The fourth-order valence-electron chi connectivity index (χ4n) is 3.63. The summed E-state index contributed by atoms with van der Waals surface area (Å²) in [5, 5.41) is 10.9. The molecule has 3 aromatic rings. The molecule has 10 heteroatoms. The lowest BCUT2D eigenvalue weighted by atomic mass is 10.2. The minimum absolute atomic E-state index is 0.283. The number of halogens is 1. The second-order valence-electron chi connectivity index (χ2n) is 8.29. The Morgan fingerprint density at radius 3 is 2.64 bits per heavy atom. The second kappa shape index (κ2) is 9.36. The van der Waals surface area contributed by atoms with Crippen LogP contribution >= 0.6 is 11.6 Å². The van der Waals surface area contributed by atoms with Crippen LogP contribution in [0.5, 0.6) is 0 Å². The number of rotatable bonds is 7. The van der Waals surface area contributed by atoms with Crippen LogP contribution in [0.15, 0.2) is 40.9 Å². The Bertz CT molecular complexity index is 1130. The molecule has 1 saturated carbocycles. The van der Waals surface area contributed by atoms with Crippen molar-refractivity contribution in [1.29, 1.82) is 0 Å². The van der Waals surface area contributed by atoms with Crippen LogP contribution in [-0.2, 0) is 4.74 Å². The highest BCUT2D eigenvalue weighted by atomic mass is 35.5. The summed E-state index contributed by atoms with van der Waals surface area (Å²) < 4.78 is 10.8. The summed E-state index contributed by atoms with van der Waals surface area (Å²) in [5.41, 5.74) is 1.82. The number of hydrogen-bond acceptors (Lipinski definition) is 8. The van der Waals surface area contributed by atoms with Crippen molar-refractivity contribution in [1.82, 2.24) is 20.4 Å². The van der Waals surface area contributed by atoms with Gasteiger partial charge in [-0.25, -0.2) is 4.98 Å². The molecule has 33 heavy (non-hydrogen) atoms. The first-order valence-corrected chi connectivity index (χ1v) is 11.4. The number of anilines is 3. The molecule has 5 rings (SSSR count). The smallest absolute Gasteiger partial charge is 0.273 e. The molecular formula is C23H25ClN6O3. The van der Waals surface area contributed by atoms with Gasteiger partial charge in [-0.15, -0.1) is 0 Å². The number of carbonyl (C=O) groups excluding carboxylic acids is 1. The SMILES string of the molecule is C[C@H](NC(=O)c1cc(C2CC2)on1)c1cc(Nc2ccc(Cl)cc2)nc(N2CCOCC2)n1. The summed E-state index contributed by atoms with van der Waals surface area (Å²) in [6.07, 6.45) is 2.17. The van der Waals surface area contributed by atoms with Gasteiger partial charge in [-0.05, 0) is 44.0 Å². The number of benzene rings is 1. The molecule has 1 aromatic carbocycles. The molecule has 9 nitrogen and oxygen atoms in total. The maximum absolute atomic E-state index is 12.7. The Morgan fingerprint density at radius 2 is 1.91 bits per heavy atom. The molecule has 1 aliphatic heterocycles. The molecule has 1 atom stereocenters. The van der Waals surface area contributed by atoms with Crippen LogP contribution < -0.4 is 15.5 Å². The molecule has 2 fully saturated rings. The van der Waals surface area contributed by atoms with Crippen molar-refractivity contribution in [3.8, 4) is 0 Å². The molecule has 3 heterocycles. The quantitative estimate of drug-likeness (QED) is 0.534. The molecular weight excluding hydrogens is 444 g/mol. The maximum Gasteiger partial charge on any atom is 0.273 e. The summed E-state index contributed by atoms with van der Waals surface area (Å²) in [6.45, 7) is 4.53. The lowest BCUT2D eigenvalue weighted by molar-refractivity contribution is 0.0930. The first-order valence-electron chi connectivity index (χ1n) is 11.1. The number of nitrogens with one attached hydrogen (secondary N) is 2. The van der Waals surface area contributed by atoms with Crippen molar-refractivity contribution in [2.45, 2.75) is 31.7 Å². The van der Waals surface area contributed by atoms with Gasteiger partial charge in [0.05, 0.1) is 24.9 Å². The standard InChI is InChI=1S/C23H25ClN6O3/c1-14(25-22(31)19-12-20(33-29-19)15-2-3-15)18-13-21(26-17-6-4-16(24)5-7-17)28-23(27-18)30-8-10-32-11-9-30/h4-7,12-15H,2-3,8-11H2,1H3,(H,25,31)(H,26,27,28)/t14-/m0/s1. The summed E-state index contributed by atoms with van der Waals surface area (Å²) in [5.74, 6) is 2.10. The maximum atomic E-state index is 12.7. The largest absolute Gasteiger partial charge is 0.378 e. The first-order chi connectivity index (χ1) is 16.0. The number of amides is 1. The van der Waals surface area contributed by atoms with E-state index in [2.05, 4.69) is 20.7 Å². The molecule has 172 valence electrons. The first kappa shape index (κ1) is 21.7. The minimum atomic E-state index is -0.368. The predicted octanol–water partition coefficient (Wildman–Crippen LogP) is 4.07. The number of ether oxygens (including phenoxy) is 1. The molecule has 1 saturated heterocycles. The normalized spacial score (nSPS) is 17.0. The van der Waals surface area contributed by atoms with Gasteiger partial charge in [0.1, 0.15) is 11.6 Å². The monoisotopic (exact) mass is 468 g/mol. The third kappa shape index (κ3) is 5.26. The van der Waals surface area contributed by atoms with Crippen molar-refractivity contribution < 1.29 is 14.1 Å². The fourth-order valence-corrected chi connectivity index (χ4v) is 3.75. The van der Waals surface area contributed by atoms with Crippen molar-refractivity contribution >= 4 is 35.0 Å². The Balaban J connectivity index is 1.37. The highest BCUT2D eigenvalue weighted by Crippen LogP contribution is 2.40. The van der Waals surface area contributed by atoms with Crippen molar-refractivity contribution in [3.05, 3.63) is 58.6 Å². The van der Waals surface area contributed by atoms with Crippen molar-refractivity contribution in [2.75, 3.05) is 36.5 Å². The zero-order valence-electron chi connectivity index (χ0n) is 18.3. The van der Waals surface area contributed by atoms with Gasteiger partial charge in [0.2, 0.25) is 5.95 Å². The van der Waals surface area contributed by atoms with E-state index in [-0.39, 0.29) is 17.6 Å². The molecule has 0 spiro atoms. The molecule has 1 amide bonds. The lowest BCUT2D eigenvalue weighted by Crippen LogP contribution is -2.38. The number of aromatic nitrogens is 3. The molecule has 0 radical (unpaired) electrons. The van der Waals surface area contributed by atoms with E-state index in [1.165, 1.54) is 0 Å². The van der Waals surface area contributed by atoms with E-state index in [4.69, 9.17) is 30.8 Å². The van der Waals surface area contributed by atoms with Crippen LogP contribution in [0.2, 0.25) is 5.02 Å². The molecule has 0 unspecified atom stereocenters. The predicted molar refractivity (Wildman–Crippen MR) is 124 cm³/mol. The van der Waals surface area contributed by atoms with Gasteiger partial charge in [0, 0.05) is 41.9 Å². The number of carbonyl (C=O) groups is 1. The summed E-state index contributed by atoms with van der Waals surface area (Å²) in [6, 6.07) is 10.6. The van der Waals surface area contributed by atoms with E-state index in [0.29, 0.717) is 54.7 Å². The Labute approximate surface area is 196 Å². The Morgan fingerprint density at radius 1 is 1.15 bits per heavy atom. The topological polar surface area (TPSA) is 105 Å². The van der Waals surface area contributed by atoms with Crippen molar-refractivity contribution in [3.63, 3.8) is 0 Å². The van der Waals surface area contributed by atoms with E-state index in [0.717, 1.165) is 24.3 Å². The van der Waals surface area contributed by atoms with Crippen LogP contribution in [0.1, 0.15) is 53.7 Å². The zero-order chi connectivity index (χ0) is 22.8. The Kier molecular flexibility index (Phi) is 6.15. The Hall–Kier alpha value is -3.17. The summed E-state index contributed by atoms with van der Waals surface area (Å²) in [7, 11) is 0. The highest BCUT2D eigenvalue weighted by molar-refractivity contribution is 6.30. The van der Waals surface area contributed by atoms with Gasteiger partial charge in [0.25, 0.3) is 5.91 Å². The third-order valence-corrected chi connectivity index (χ3v) is 5.93. The molecule has 2 N–H and O–H groups in total. The van der Waals surface area contributed by atoms with Gasteiger partial charge in [0.15, 0.2) is 5.69 Å². The lowest BCUT2D eigenvalue weighted by Gasteiger charge is -2.28. The molecule has 1 aliphatic carbocycles. The highest BCUT2D eigenvalue weighted by Gasteiger charge is 2.29. The number of hydrogen-bond donors (Lipinski definition) is 2. The van der Waals surface area contributed by atoms with Crippen LogP contribution in [0.3, 0.4) is 0 Å². The second-order valence-corrected chi connectivity index (χ2v) is 8.73. The number of nitrogens with zero attached hydrogens (tertiary/aromatic N) is 4. The van der Waals surface area contributed by atoms with Gasteiger partial charge in [-0.2, -0.15) is 4.98 Å². The van der Waals surface area contributed by atoms with Crippen LogP contribution in [0.4, 0.5) is 17.5 Å². The van der Waals surface area contributed by atoms with E-state index in [9.17, 15) is 4.79 Å². The molecule has 2 aliphatic rings. The third-order valence-electron chi connectivity index (χ3n) is 5.68.